The lowest BCUT2D eigenvalue weighted by molar-refractivity contribution is -0.188. The number of esters is 3. The Labute approximate surface area is 536 Å². The zero-order valence-corrected chi connectivity index (χ0v) is 58.5. The Morgan fingerprint density at radius 3 is 0.709 bits per heavy atom. The summed E-state index contributed by atoms with van der Waals surface area (Å²) in [5.41, 5.74) is -2.72. The number of Topliss-reactive ketones (excluding diaryl/α,β-unsaturated/α-hetero) is 1. The summed E-state index contributed by atoms with van der Waals surface area (Å²) in [6.07, 6.45) is 76.4. The minimum atomic E-state index is -2.72. The summed E-state index contributed by atoms with van der Waals surface area (Å²) < 4.78 is 17.2. The Morgan fingerprint density at radius 2 is 0.465 bits per heavy atom. The molecule has 0 heterocycles. The van der Waals surface area contributed by atoms with E-state index in [0.29, 0.717) is 25.7 Å². The van der Waals surface area contributed by atoms with Crippen LogP contribution in [0.25, 0.3) is 0 Å². The molecule has 0 aromatic rings. The number of ether oxygens (including phenoxy) is 3. The molecule has 2 atom stereocenters. The lowest BCUT2D eigenvalue weighted by Gasteiger charge is -2.31. The van der Waals surface area contributed by atoms with Gasteiger partial charge in [-0.25, -0.2) is 4.79 Å². The average Bonchev–Trinajstić information content (AvgIpc) is 1.96. The van der Waals surface area contributed by atoms with Crippen molar-refractivity contribution in [2.24, 2.45) is 5.92 Å². The number of hydrogen-bond donors (Lipinski definition) is 1. The Morgan fingerprint density at radius 1 is 0.267 bits per heavy atom. The minimum Gasteiger partial charge on any atom is -0.466 e. The van der Waals surface area contributed by atoms with Gasteiger partial charge in [0.25, 0.3) is 0 Å². The minimum absolute atomic E-state index is 0.0119. The van der Waals surface area contributed by atoms with Crippen LogP contribution in [0.2, 0.25) is 0 Å². The molecule has 510 valence electrons. The van der Waals surface area contributed by atoms with Crippen molar-refractivity contribution < 1.29 is 38.5 Å². The van der Waals surface area contributed by atoms with Gasteiger partial charge in [-0.15, -0.1) is 0 Å². The second-order valence-corrected chi connectivity index (χ2v) is 27.1. The molecular formula is C78H150O8. The maximum Gasteiger partial charge on any atom is 0.340 e. The molecule has 0 saturated carbocycles. The van der Waals surface area contributed by atoms with Crippen molar-refractivity contribution in [3.8, 4) is 0 Å². The van der Waals surface area contributed by atoms with Gasteiger partial charge >= 0.3 is 17.9 Å². The quantitative estimate of drug-likeness (QED) is 0.0277. The smallest absolute Gasteiger partial charge is 0.340 e. The topological polar surface area (TPSA) is 116 Å². The predicted octanol–water partition coefficient (Wildman–Crippen LogP) is 25.0. The largest absolute Gasteiger partial charge is 0.466 e. The van der Waals surface area contributed by atoms with Gasteiger partial charge in [-0.3, -0.25) is 14.4 Å². The molecular weight excluding hydrogens is 1060 g/mol. The lowest BCUT2D eigenvalue weighted by atomic mass is 9.80. The molecule has 0 fully saturated rings. The highest BCUT2D eigenvalue weighted by Crippen LogP contribution is 2.30. The Bertz CT molecular complexity index is 1420. The number of rotatable bonds is 73. The summed E-state index contributed by atoms with van der Waals surface area (Å²) in [6.45, 7) is 9.35. The van der Waals surface area contributed by atoms with Gasteiger partial charge in [0.15, 0.2) is 17.3 Å². The molecule has 0 aliphatic heterocycles. The molecule has 8 heteroatoms. The van der Waals surface area contributed by atoms with Crippen LogP contribution in [0, 0.1) is 5.92 Å². The number of ketones is 1. The third-order valence-electron chi connectivity index (χ3n) is 18.6. The molecule has 0 bridgehead atoms. The summed E-state index contributed by atoms with van der Waals surface area (Å²) in [5.74, 6) is -5.29. The molecule has 8 nitrogen and oxygen atoms in total. The monoisotopic (exact) mass is 1220 g/mol. The van der Waals surface area contributed by atoms with Crippen molar-refractivity contribution in [3.63, 3.8) is 0 Å². The fourth-order valence-electron chi connectivity index (χ4n) is 12.7. The first-order chi connectivity index (χ1) is 42.3. The highest BCUT2D eigenvalue weighted by atomic mass is 16.6. The average molecular weight is 1220 g/mol. The number of hydrogen-bond acceptors (Lipinski definition) is 8. The van der Waals surface area contributed by atoms with E-state index in [2.05, 4.69) is 27.7 Å². The van der Waals surface area contributed by atoms with Gasteiger partial charge in [-0.2, -0.15) is 0 Å². The second-order valence-electron chi connectivity index (χ2n) is 27.1. The van der Waals surface area contributed by atoms with Gasteiger partial charge in [-0.05, 0) is 25.7 Å². The van der Waals surface area contributed by atoms with Gasteiger partial charge in [0.1, 0.15) is 0 Å². The molecule has 0 aromatic heterocycles. The van der Waals surface area contributed by atoms with E-state index >= 15 is 0 Å². The normalized spacial score (nSPS) is 12.6. The lowest BCUT2D eigenvalue weighted by Crippen LogP contribution is -2.55. The fourth-order valence-corrected chi connectivity index (χ4v) is 12.7. The zero-order valence-electron chi connectivity index (χ0n) is 58.5. The van der Waals surface area contributed by atoms with Crippen LogP contribution >= 0.6 is 0 Å². The van der Waals surface area contributed by atoms with Crippen molar-refractivity contribution in [1.82, 2.24) is 0 Å². The summed E-state index contributed by atoms with van der Waals surface area (Å²) >= 11 is 0. The molecule has 0 amide bonds. The SMILES string of the molecule is CCCCCCCCCCCCCCCCCCCCOC(=O)CC(O)(C(=O)OCCCCCCCCCCCCCCCCCCCC)C(C(=O)CCCCCCCCCCC)C(=O)OCCCCCCCCCCCCCCCCCCCC. The summed E-state index contributed by atoms with van der Waals surface area (Å²) in [7, 11) is 0. The third-order valence-corrected chi connectivity index (χ3v) is 18.6. The highest BCUT2D eigenvalue weighted by Gasteiger charge is 2.55. The standard InChI is InChI=1S/C78H150O8/c1-5-9-13-17-21-25-28-31-34-37-40-43-46-49-53-57-61-65-69-84-74(80)72-78(83,77(82)86-71-67-63-59-55-51-48-45-42-39-36-33-30-27-23-19-15-11-7-3)75(73(79)68-64-60-56-52-24-20-16-12-8-4)76(81)85-70-66-62-58-54-50-47-44-41-38-35-32-29-26-22-18-14-10-6-2/h75,83H,5-72H2,1-4H3. The number of carbonyl (C=O) groups excluding carboxylic acids is 4. The van der Waals surface area contributed by atoms with Gasteiger partial charge in [0.05, 0.1) is 26.2 Å². The van der Waals surface area contributed by atoms with Crippen molar-refractivity contribution >= 4 is 23.7 Å². The van der Waals surface area contributed by atoms with E-state index in [1.807, 2.05) is 0 Å². The van der Waals surface area contributed by atoms with Crippen molar-refractivity contribution in [2.45, 2.75) is 451 Å². The van der Waals surface area contributed by atoms with E-state index in [0.717, 1.165) is 83.5 Å². The fraction of sp³-hybridized carbons (Fsp3) is 0.949. The van der Waals surface area contributed by atoms with Crippen LogP contribution in [0.4, 0.5) is 0 Å². The predicted molar refractivity (Wildman–Crippen MR) is 369 cm³/mol. The summed E-state index contributed by atoms with van der Waals surface area (Å²) in [4.78, 5) is 56.4. The molecule has 0 aliphatic rings. The Kier molecular flexibility index (Phi) is 67.4. The molecule has 0 aromatic carbocycles. The number of unbranched alkanes of at least 4 members (excludes halogenated alkanes) is 59. The van der Waals surface area contributed by atoms with Crippen LogP contribution in [0.15, 0.2) is 0 Å². The summed E-state index contributed by atoms with van der Waals surface area (Å²) in [5, 5.41) is 12.5. The molecule has 0 rings (SSSR count). The first-order valence-electron chi connectivity index (χ1n) is 39.0. The van der Waals surface area contributed by atoms with E-state index in [4.69, 9.17) is 14.2 Å². The van der Waals surface area contributed by atoms with Crippen molar-refractivity contribution in [2.75, 3.05) is 19.8 Å². The van der Waals surface area contributed by atoms with Gasteiger partial charge < -0.3 is 19.3 Å². The molecule has 0 spiro atoms. The molecule has 1 N–H and O–H groups in total. The number of aliphatic hydroxyl groups is 1. The van der Waals surface area contributed by atoms with Gasteiger partial charge in [0, 0.05) is 6.42 Å². The van der Waals surface area contributed by atoms with E-state index in [9.17, 15) is 24.3 Å². The van der Waals surface area contributed by atoms with Crippen molar-refractivity contribution in [1.29, 1.82) is 0 Å². The molecule has 2 unspecified atom stereocenters. The summed E-state index contributed by atoms with van der Waals surface area (Å²) in [6, 6.07) is 0. The first-order valence-corrected chi connectivity index (χ1v) is 39.0. The van der Waals surface area contributed by atoms with Gasteiger partial charge in [-0.1, -0.05) is 407 Å². The first kappa shape index (κ1) is 84.0. The Hall–Kier alpha value is -1.96. The Balaban J connectivity index is 5.35. The molecule has 0 radical (unpaired) electrons. The van der Waals surface area contributed by atoms with E-state index in [1.165, 1.54) is 295 Å². The molecule has 86 heavy (non-hydrogen) atoms. The van der Waals surface area contributed by atoms with Crippen LogP contribution < -0.4 is 0 Å². The van der Waals surface area contributed by atoms with Crippen molar-refractivity contribution in [3.05, 3.63) is 0 Å². The molecule has 0 saturated heterocycles. The van der Waals surface area contributed by atoms with Crippen LogP contribution in [0.3, 0.4) is 0 Å². The van der Waals surface area contributed by atoms with E-state index < -0.39 is 41.6 Å². The number of carbonyl (C=O) groups is 4. The second kappa shape index (κ2) is 68.9. The highest BCUT2D eigenvalue weighted by molar-refractivity contribution is 6.06. The zero-order chi connectivity index (χ0) is 62.6. The molecule has 0 aliphatic carbocycles. The van der Waals surface area contributed by atoms with E-state index in [1.54, 1.807) is 0 Å². The van der Waals surface area contributed by atoms with Gasteiger partial charge in [0.2, 0.25) is 0 Å². The van der Waals surface area contributed by atoms with Crippen LogP contribution in [-0.4, -0.2) is 54.2 Å². The third kappa shape index (κ3) is 57.2. The maximum atomic E-state index is 14.3. The van der Waals surface area contributed by atoms with Crippen LogP contribution in [-0.2, 0) is 33.4 Å². The van der Waals surface area contributed by atoms with Crippen LogP contribution in [0.5, 0.6) is 0 Å². The van der Waals surface area contributed by atoms with Crippen LogP contribution in [0.1, 0.15) is 445 Å². The van der Waals surface area contributed by atoms with E-state index in [-0.39, 0.29) is 26.2 Å². The maximum absolute atomic E-state index is 14.3.